The number of para-hydroxylation sites is 2. The summed E-state index contributed by atoms with van der Waals surface area (Å²) in [6.45, 7) is 0. The van der Waals surface area contributed by atoms with Crippen LogP contribution < -0.4 is 32.8 Å². The van der Waals surface area contributed by atoms with E-state index in [2.05, 4.69) is 45.3 Å². The van der Waals surface area contributed by atoms with E-state index in [1.54, 1.807) is 6.07 Å². The molecular weight excluding hydrogens is 329 g/mol. The SMILES string of the molecule is Bc1c(B)c(B)c(-c2cccc3c2oc2c(B(O)O)cccc23)c(B)c1B. The summed E-state index contributed by atoms with van der Waals surface area (Å²) < 4.78 is 6.23. The summed E-state index contributed by atoms with van der Waals surface area (Å²) >= 11 is 0. The molecule has 4 aromatic rings. The second-order valence-corrected chi connectivity index (χ2v) is 7.38. The van der Waals surface area contributed by atoms with Gasteiger partial charge in [0.2, 0.25) is 0 Å². The minimum absolute atomic E-state index is 0.388. The van der Waals surface area contributed by atoms with Crippen molar-refractivity contribution in [2.24, 2.45) is 0 Å². The van der Waals surface area contributed by atoms with E-state index < -0.39 is 7.12 Å². The van der Waals surface area contributed by atoms with Crippen molar-refractivity contribution in [3.05, 3.63) is 36.4 Å². The Labute approximate surface area is 163 Å². The van der Waals surface area contributed by atoms with Crippen LogP contribution in [0, 0.1) is 0 Å². The molecule has 0 atom stereocenters. The van der Waals surface area contributed by atoms with Gasteiger partial charge in [-0.15, -0.1) is 16.4 Å². The quantitative estimate of drug-likeness (QED) is 0.356. The first-order valence-electron chi connectivity index (χ1n) is 9.20. The summed E-state index contributed by atoms with van der Waals surface area (Å²) in [5.74, 6) is 0. The van der Waals surface area contributed by atoms with Gasteiger partial charge in [0.1, 0.15) is 50.4 Å². The monoisotopic (exact) mass is 348 g/mol. The van der Waals surface area contributed by atoms with Crippen molar-refractivity contribution in [3.8, 4) is 11.1 Å². The zero-order chi connectivity index (χ0) is 19.5. The van der Waals surface area contributed by atoms with Crippen LogP contribution in [0.1, 0.15) is 0 Å². The van der Waals surface area contributed by atoms with Crippen LogP contribution in [0.2, 0.25) is 0 Å². The summed E-state index contributed by atoms with van der Waals surface area (Å²) in [6, 6.07) is 11.6. The molecule has 0 spiro atoms. The first-order valence-corrected chi connectivity index (χ1v) is 9.20. The number of benzene rings is 3. The lowest BCUT2D eigenvalue weighted by molar-refractivity contribution is 0.425. The van der Waals surface area contributed by atoms with Gasteiger partial charge in [-0.05, 0) is 5.56 Å². The molecule has 2 N–H and O–H groups in total. The first-order chi connectivity index (χ1) is 12.8. The predicted octanol–water partition coefficient (Wildman–Crippen LogP) is -5.78. The third kappa shape index (κ3) is 2.60. The van der Waals surface area contributed by atoms with Crippen molar-refractivity contribution in [2.45, 2.75) is 0 Å². The largest absolute Gasteiger partial charge is 0.492 e. The zero-order valence-electron chi connectivity index (χ0n) is 16.3. The fourth-order valence-electron chi connectivity index (χ4n) is 4.15. The molecule has 0 fully saturated rings. The molecular formula is C18H18B6O3. The van der Waals surface area contributed by atoms with Gasteiger partial charge in [0.25, 0.3) is 0 Å². The van der Waals surface area contributed by atoms with Gasteiger partial charge in [0.05, 0.1) is 0 Å². The highest BCUT2D eigenvalue weighted by atomic mass is 16.4. The topological polar surface area (TPSA) is 53.6 Å². The molecule has 0 aliphatic carbocycles. The molecule has 3 nitrogen and oxygen atoms in total. The molecule has 27 heavy (non-hydrogen) atoms. The standard InChI is InChI=1S/C18H18B6O3/c19-12-11(13(20)15(22)16(23)14(12)21)9-5-1-3-7-8-4-2-6-10(24(25)26)18(8)27-17(7)9/h1-6,25-26H,19-23H2. The molecule has 0 bridgehead atoms. The number of hydrogen-bond donors (Lipinski definition) is 2. The Bertz CT molecular complexity index is 1190. The van der Waals surface area contributed by atoms with Crippen LogP contribution in [0.3, 0.4) is 0 Å². The number of fused-ring (bicyclic) bond motifs is 3. The molecule has 126 valence electrons. The van der Waals surface area contributed by atoms with Gasteiger partial charge in [0.15, 0.2) is 0 Å². The molecule has 0 radical (unpaired) electrons. The van der Waals surface area contributed by atoms with E-state index in [0.717, 1.165) is 21.9 Å². The minimum Gasteiger partial charge on any atom is -0.456 e. The zero-order valence-corrected chi connectivity index (χ0v) is 16.3. The number of rotatable bonds is 2. The van der Waals surface area contributed by atoms with Gasteiger partial charge < -0.3 is 14.5 Å². The summed E-state index contributed by atoms with van der Waals surface area (Å²) in [7, 11) is 9.26. The maximum absolute atomic E-state index is 9.72. The first kappa shape index (κ1) is 18.1. The highest BCUT2D eigenvalue weighted by Gasteiger charge is 2.22. The molecule has 3 aromatic carbocycles. The van der Waals surface area contributed by atoms with E-state index in [0.29, 0.717) is 11.0 Å². The fraction of sp³-hybridized carbons (Fsp3) is 0. The van der Waals surface area contributed by atoms with E-state index in [1.807, 2.05) is 24.3 Å². The van der Waals surface area contributed by atoms with Crippen molar-refractivity contribution < 1.29 is 14.5 Å². The van der Waals surface area contributed by atoms with Crippen molar-refractivity contribution >= 4 is 101 Å². The third-order valence-corrected chi connectivity index (χ3v) is 6.10. The van der Waals surface area contributed by atoms with E-state index in [4.69, 9.17) is 4.42 Å². The van der Waals surface area contributed by atoms with Crippen molar-refractivity contribution in [2.75, 3.05) is 0 Å². The summed E-state index contributed by atoms with van der Waals surface area (Å²) in [4.78, 5) is 0. The molecule has 4 rings (SSSR count). The molecule has 0 aliphatic rings. The highest BCUT2D eigenvalue weighted by molar-refractivity contribution is 6.69. The maximum atomic E-state index is 9.72. The van der Waals surface area contributed by atoms with E-state index in [-0.39, 0.29) is 0 Å². The Hall–Kier alpha value is -2.23. The fourth-order valence-corrected chi connectivity index (χ4v) is 4.15. The predicted molar refractivity (Wildman–Crippen MR) is 130 cm³/mol. The molecule has 0 saturated heterocycles. The van der Waals surface area contributed by atoms with Crippen LogP contribution in [-0.4, -0.2) is 56.4 Å². The highest BCUT2D eigenvalue weighted by Crippen LogP contribution is 2.33. The summed E-state index contributed by atoms with van der Waals surface area (Å²) in [5.41, 5.74) is 10.4. The van der Waals surface area contributed by atoms with Crippen LogP contribution >= 0.6 is 0 Å². The Kier molecular flexibility index (Phi) is 4.32. The van der Waals surface area contributed by atoms with Gasteiger partial charge in [0, 0.05) is 21.8 Å². The van der Waals surface area contributed by atoms with Crippen LogP contribution in [0.15, 0.2) is 40.8 Å². The summed E-state index contributed by atoms with van der Waals surface area (Å²) in [5, 5.41) is 21.3. The molecule has 1 aromatic heterocycles. The average Bonchev–Trinajstić information content (AvgIpc) is 3.04. The molecule has 1 heterocycles. The van der Waals surface area contributed by atoms with Gasteiger partial charge in [-0.1, -0.05) is 47.3 Å². The second kappa shape index (κ2) is 6.43. The van der Waals surface area contributed by atoms with Gasteiger partial charge in [-0.2, -0.15) is 0 Å². The van der Waals surface area contributed by atoms with E-state index in [1.165, 1.54) is 32.9 Å². The van der Waals surface area contributed by atoms with Gasteiger partial charge in [-0.3, -0.25) is 0 Å². The van der Waals surface area contributed by atoms with Crippen LogP contribution in [0.5, 0.6) is 0 Å². The molecule has 9 heteroatoms. The number of hydrogen-bond acceptors (Lipinski definition) is 3. The van der Waals surface area contributed by atoms with Gasteiger partial charge >= 0.3 is 7.12 Å². The third-order valence-electron chi connectivity index (χ3n) is 6.10. The van der Waals surface area contributed by atoms with Gasteiger partial charge in [-0.25, -0.2) is 0 Å². The van der Waals surface area contributed by atoms with E-state index in [9.17, 15) is 10.0 Å². The molecule has 0 amide bonds. The van der Waals surface area contributed by atoms with Crippen LogP contribution in [0.25, 0.3) is 33.1 Å². The lowest BCUT2D eigenvalue weighted by Crippen LogP contribution is -2.55. The van der Waals surface area contributed by atoms with E-state index >= 15 is 0 Å². The lowest BCUT2D eigenvalue weighted by Gasteiger charge is -2.20. The maximum Gasteiger partial charge on any atom is 0.492 e. The van der Waals surface area contributed by atoms with Crippen molar-refractivity contribution in [3.63, 3.8) is 0 Å². The summed E-state index contributed by atoms with van der Waals surface area (Å²) in [6.07, 6.45) is 0. The van der Waals surface area contributed by atoms with Crippen molar-refractivity contribution in [1.82, 2.24) is 0 Å². The molecule has 0 saturated carbocycles. The number of furan rings is 1. The Morgan fingerprint density at radius 1 is 0.667 bits per heavy atom. The molecule has 0 unspecified atom stereocenters. The lowest BCUT2D eigenvalue weighted by atomic mass is 9.59. The normalized spacial score (nSPS) is 11.3. The average molecular weight is 347 g/mol. The van der Waals surface area contributed by atoms with Crippen LogP contribution in [-0.2, 0) is 0 Å². The van der Waals surface area contributed by atoms with Crippen molar-refractivity contribution in [1.29, 1.82) is 0 Å². The molecule has 0 aliphatic heterocycles. The minimum atomic E-state index is -1.56. The Morgan fingerprint density at radius 3 is 1.78 bits per heavy atom. The second-order valence-electron chi connectivity index (χ2n) is 7.38. The Morgan fingerprint density at radius 2 is 1.19 bits per heavy atom. The Balaban J connectivity index is 2.14. The van der Waals surface area contributed by atoms with Crippen LogP contribution in [0.4, 0.5) is 0 Å². The smallest absolute Gasteiger partial charge is 0.456 e.